The highest BCUT2D eigenvalue weighted by Gasteiger charge is 2.23. The van der Waals surface area contributed by atoms with Crippen LogP contribution in [-0.2, 0) is 6.42 Å². The first-order valence-corrected chi connectivity index (χ1v) is 8.83. The Bertz CT molecular complexity index is 976. The van der Waals surface area contributed by atoms with E-state index in [0.29, 0.717) is 5.92 Å². The van der Waals surface area contributed by atoms with E-state index >= 15 is 0 Å². The molecule has 1 aromatic carbocycles. The molecule has 0 radical (unpaired) electrons. The van der Waals surface area contributed by atoms with E-state index in [0.717, 1.165) is 66.1 Å². The van der Waals surface area contributed by atoms with Crippen molar-refractivity contribution in [3.63, 3.8) is 0 Å². The molecular formula is C19H20N6. The van der Waals surface area contributed by atoms with Gasteiger partial charge in [0.15, 0.2) is 0 Å². The zero-order chi connectivity index (χ0) is 16.6. The Labute approximate surface area is 145 Å². The number of aromatic amines is 2. The van der Waals surface area contributed by atoms with Crippen LogP contribution in [0.25, 0.3) is 22.1 Å². The molecule has 0 aliphatic carbocycles. The van der Waals surface area contributed by atoms with Crippen LogP contribution in [-0.4, -0.2) is 38.0 Å². The summed E-state index contributed by atoms with van der Waals surface area (Å²) < 4.78 is 0. The van der Waals surface area contributed by atoms with E-state index in [1.807, 2.05) is 18.3 Å². The highest BCUT2D eigenvalue weighted by Crippen LogP contribution is 2.28. The quantitative estimate of drug-likeness (QED) is 0.604. The number of fused-ring (bicyclic) bond motifs is 2. The van der Waals surface area contributed by atoms with Gasteiger partial charge in [0, 0.05) is 25.7 Å². The van der Waals surface area contributed by atoms with Crippen molar-refractivity contribution in [2.45, 2.75) is 19.3 Å². The first-order chi connectivity index (χ1) is 12.4. The van der Waals surface area contributed by atoms with E-state index in [9.17, 15) is 0 Å². The Kier molecular flexibility index (Phi) is 3.40. The van der Waals surface area contributed by atoms with Crippen LogP contribution in [0.2, 0.25) is 0 Å². The number of hydrogen-bond acceptors (Lipinski definition) is 4. The maximum absolute atomic E-state index is 4.72. The van der Waals surface area contributed by atoms with E-state index in [1.165, 1.54) is 0 Å². The van der Waals surface area contributed by atoms with E-state index in [-0.39, 0.29) is 0 Å². The van der Waals surface area contributed by atoms with Gasteiger partial charge in [-0.2, -0.15) is 0 Å². The van der Waals surface area contributed by atoms with E-state index in [1.54, 1.807) is 6.33 Å². The fraction of sp³-hybridized carbons (Fsp3) is 0.316. The smallest absolute Gasteiger partial charge is 0.142 e. The molecule has 0 amide bonds. The second-order valence-electron chi connectivity index (χ2n) is 6.77. The number of anilines is 1. The number of nitrogens with zero attached hydrogens (tertiary/aromatic N) is 4. The van der Waals surface area contributed by atoms with Crippen molar-refractivity contribution < 1.29 is 0 Å². The normalized spacial score (nSPS) is 16.1. The van der Waals surface area contributed by atoms with Gasteiger partial charge in [-0.25, -0.2) is 15.0 Å². The largest absolute Gasteiger partial charge is 0.356 e. The van der Waals surface area contributed by atoms with Crippen LogP contribution in [0.4, 0.5) is 5.82 Å². The lowest BCUT2D eigenvalue weighted by molar-refractivity contribution is 0.397. The van der Waals surface area contributed by atoms with Gasteiger partial charge in [0.1, 0.15) is 23.6 Å². The lowest BCUT2D eigenvalue weighted by atomic mass is 9.93. The summed E-state index contributed by atoms with van der Waals surface area (Å²) in [5.41, 5.74) is 3.10. The lowest BCUT2D eigenvalue weighted by Gasteiger charge is -2.32. The van der Waals surface area contributed by atoms with E-state index in [4.69, 9.17) is 4.98 Å². The zero-order valence-electron chi connectivity index (χ0n) is 13.9. The zero-order valence-corrected chi connectivity index (χ0v) is 13.9. The van der Waals surface area contributed by atoms with Crippen molar-refractivity contribution in [2.75, 3.05) is 18.0 Å². The van der Waals surface area contributed by atoms with Crippen LogP contribution in [0.1, 0.15) is 18.7 Å². The monoisotopic (exact) mass is 332 g/mol. The van der Waals surface area contributed by atoms with Gasteiger partial charge in [-0.05, 0) is 37.0 Å². The fourth-order valence-electron chi connectivity index (χ4n) is 3.84. The minimum Gasteiger partial charge on any atom is -0.356 e. The van der Waals surface area contributed by atoms with Crippen LogP contribution in [0.3, 0.4) is 0 Å². The van der Waals surface area contributed by atoms with Crippen molar-refractivity contribution in [3.8, 4) is 0 Å². The molecule has 6 heteroatoms. The molecule has 3 aromatic heterocycles. The summed E-state index contributed by atoms with van der Waals surface area (Å²) in [6.07, 6.45) is 6.91. The molecule has 0 atom stereocenters. The van der Waals surface area contributed by atoms with Crippen LogP contribution in [0.5, 0.6) is 0 Å². The maximum Gasteiger partial charge on any atom is 0.142 e. The summed E-state index contributed by atoms with van der Waals surface area (Å²) in [7, 11) is 0. The van der Waals surface area contributed by atoms with Crippen molar-refractivity contribution >= 4 is 27.9 Å². The molecule has 4 aromatic rings. The third-order valence-electron chi connectivity index (χ3n) is 5.17. The topological polar surface area (TPSA) is 73.5 Å². The van der Waals surface area contributed by atoms with Gasteiger partial charge in [-0.1, -0.05) is 12.1 Å². The maximum atomic E-state index is 4.72. The van der Waals surface area contributed by atoms with Gasteiger partial charge in [0.2, 0.25) is 0 Å². The molecule has 5 rings (SSSR count). The molecule has 0 spiro atoms. The van der Waals surface area contributed by atoms with Crippen LogP contribution < -0.4 is 4.90 Å². The van der Waals surface area contributed by atoms with E-state index in [2.05, 4.69) is 43.0 Å². The van der Waals surface area contributed by atoms with Crippen LogP contribution in [0, 0.1) is 5.92 Å². The molecule has 2 N–H and O–H groups in total. The minimum atomic E-state index is 0.667. The molecule has 4 heterocycles. The van der Waals surface area contributed by atoms with E-state index < -0.39 is 0 Å². The molecule has 126 valence electrons. The molecule has 1 aliphatic rings. The average Bonchev–Trinajstić information content (AvgIpc) is 3.28. The first kappa shape index (κ1) is 14.5. The molecule has 0 unspecified atom stereocenters. The highest BCUT2D eigenvalue weighted by atomic mass is 15.2. The lowest BCUT2D eigenvalue weighted by Crippen LogP contribution is -2.35. The van der Waals surface area contributed by atoms with Crippen molar-refractivity contribution in [2.24, 2.45) is 5.92 Å². The second-order valence-corrected chi connectivity index (χ2v) is 6.77. The van der Waals surface area contributed by atoms with Gasteiger partial charge in [0.05, 0.1) is 16.4 Å². The summed E-state index contributed by atoms with van der Waals surface area (Å²) in [6.45, 7) is 2.06. The Morgan fingerprint density at radius 1 is 1.08 bits per heavy atom. The van der Waals surface area contributed by atoms with Crippen LogP contribution >= 0.6 is 0 Å². The Morgan fingerprint density at radius 3 is 2.84 bits per heavy atom. The number of hydrogen-bond donors (Lipinski definition) is 2. The molecule has 1 fully saturated rings. The summed E-state index contributed by atoms with van der Waals surface area (Å²) >= 11 is 0. The predicted octanol–water partition coefficient (Wildman–Crippen LogP) is 3.29. The van der Waals surface area contributed by atoms with Gasteiger partial charge >= 0.3 is 0 Å². The summed E-state index contributed by atoms with van der Waals surface area (Å²) in [6, 6.07) is 10.3. The summed E-state index contributed by atoms with van der Waals surface area (Å²) in [5, 5.41) is 1.11. The first-order valence-electron chi connectivity index (χ1n) is 8.83. The van der Waals surface area contributed by atoms with Gasteiger partial charge in [0.25, 0.3) is 0 Å². The molecular weight excluding hydrogens is 312 g/mol. The molecule has 6 nitrogen and oxygen atoms in total. The Hall–Kier alpha value is -2.89. The predicted molar refractivity (Wildman–Crippen MR) is 98.6 cm³/mol. The van der Waals surface area contributed by atoms with Crippen molar-refractivity contribution in [1.29, 1.82) is 0 Å². The van der Waals surface area contributed by atoms with Gasteiger partial charge in [-0.3, -0.25) is 0 Å². The number of rotatable bonds is 3. The van der Waals surface area contributed by atoms with Gasteiger partial charge < -0.3 is 14.9 Å². The average molecular weight is 332 g/mol. The Morgan fingerprint density at radius 2 is 1.96 bits per heavy atom. The van der Waals surface area contributed by atoms with Crippen LogP contribution in [0.15, 0.2) is 42.9 Å². The molecule has 0 bridgehead atoms. The number of H-pyrrole nitrogens is 2. The molecule has 25 heavy (non-hydrogen) atoms. The minimum absolute atomic E-state index is 0.667. The molecule has 0 saturated carbocycles. The fourth-order valence-corrected chi connectivity index (χ4v) is 3.84. The third-order valence-corrected chi connectivity index (χ3v) is 5.17. The molecule has 1 saturated heterocycles. The standard InChI is InChI=1S/C19H20N6/c1-2-4-16-15(3-1)23-17(24-16)11-13-6-9-25(10-7-13)19-14-5-8-20-18(14)21-12-22-19/h1-5,8,12-13H,6-7,9-11H2,(H,23,24)(H,20,21,22). The van der Waals surface area contributed by atoms with Gasteiger partial charge in [-0.15, -0.1) is 0 Å². The van der Waals surface area contributed by atoms with Crippen molar-refractivity contribution in [3.05, 3.63) is 48.7 Å². The number of aromatic nitrogens is 5. The Balaban J connectivity index is 1.29. The summed E-state index contributed by atoms with van der Waals surface area (Å²) in [5.74, 6) is 2.82. The number of benzene rings is 1. The number of nitrogens with one attached hydrogen (secondary N) is 2. The third kappa shape index (κ3) is 2.63. The molecule has 1 aliphatic heterocycles. The number of para-hydroxylation sites is 2. The van der Waals surface area contributed by atoms with Crippen molar-refractivity contribution in [1.82, 2.24) is 24.9 Å². The number of imidazole rings is 1. The second kappa shape index (κ2) is 5.88. The SMILES string of the molecule is c1ccc2[nH]c(CC3CCN(c4ncnc5[nH]ccc45)CC3)nc2c1. The summed E-state index contributed by atoms with van der Waals surface area (Å²) in [4.78, 5) is 22.5. The highest BCUT2D eigenvalue weighted by molar-refractivity contribution is 5.87. The number of piperidine rings is 1.